The molecule has 0 aliphatic rings. The van der Waals surface area contributed by atoms with Crippen LogP contribution in [0, 0.1) is 0 Å². The lowest BCUT2D eigenvalue weighted by Crippen LogP contribution is -1.86. The van der Waals surface area contributed by atoms with Gasteiger partial charge in [-0.15, -0.1) is 5.73 Å². The van der Waals surface area contributed by atoms with Crippen LogP contribution >= 0.6 is 0 Å². The maximum atomic E-state index is 9.05. The minimum atomic E-state index is -0.375. The average molecular weight is 58.1 g/mol. The van der Waals surface area contributed by atoms with Crippen LogP contribution in [0.3, 0.4) is 0 Å². The first kappa shape index (κ1) is 3.92. The lowest BCUT2D eigenvalue weighted by molar-refractivity contribution is 0.201. The van der Waals surface area contributed by atoms with Crippen molar-refractivity contribution >= 4 is 0 Å². The molecule has 3 radical (unpaired) electrons. The molecule has 0 unspecified atom stereocenters. The Balaban J connectivity index is 1.97. The average Bonchev–Trinajstić information content (AvgIpc) is 1.37. The van der Waals surface area contributed by atoms with Crippen LogP contribution in [0.25, 0.3) is 0 Å². The molecule has 0 rings (SSSR count). The molecule has 0 aromatic heterocycles. The van der Waals surface area contributed by atoms with Crippen molar-refractivity contribution in [1.82, 2.24) is 5.73 Å². The summed E-state index contributed by atoms with van der Waals surface area (Å²) in [6, 6.07) is 0. The summed E-state index contributed by atoms with van der Waals surface area (Å²) in [5, 5.41) is 9.05. The fourth-order valence-electron chi connectivity index (χ4n) is 0. The SMILES string of the molecule is [N]CC[O]. The minimum absolute atomic E-state index is 0.236. The highest BCUT2D eigenvalue weighted by Crippen LogP contribution is 1.40. The van der Waals surface area contributed by atoms with Crippen LogP contribution in [0.4, 0.5) is 0 Å². The number of hydrogen-bond acceptors (Lipinski definition) is 0. The molecule has 0 aliphatic carbocycles. The summed E-state index contributed by atoms with van der Waals surface area (Å²) in [6.07, 6.45) is 0. The molecule has 0 spiro atoms. The third-order valence-corrected chi connectivity index (χ3v) is 0.0913. The predicted octanol–water partition coefficient (Wildman–Crippen LogP) is -0.514. The lowest BCUT2D eigenvalue weighted by atomic mass is 10.8. The second-order valence-corrected chi connectivity index (χ2v) is 0.428. The molecule has 0 saturated carbocycles. The first-order valence-electron chi connectivity index (χ1n) is 1.10. The molecule has 4 heavy (non-hydrogen) atoms. The summed E-state index contributed by atoms with van der Waals surface area (Å²) in [7, 11) is 0. The van der Waals surface area contributed by atoms with E-state index < -0.39 is 0 Å². The summed E-state index contributed by atoms with van der Waals surface area (Å²) < 4.78 is 0. The Labute approximate surface area is 25.2 Å². The zero-order valence-corrected chi connectivity index (χ0v) is 2.27. The van der Waals surface area contributed by atoms with Gasteiger partial charge in [-0.25, -0.2) is 5.11 Å². The third kappa shape index (κ3) is 1.92. The zero-order valence-electron chi connectivity index (χ0n) is 2.27. The quantitative estimate of drug-likeness (QED) is 0.389. The molecule has 0 bridgehead atoms. The minimum Gasteiger partial charge on any atom is -0.235 e. The number of nitrogens with zero attached hydrogens (tertiary/aromatic N) is 1. The Kier molecular flexibility index (Phi) is 2.86. The zero-order chi connectivity index (χ0) is 3.41. The van der Waals surface area contributed by atoms with Crippen LogP contribution in [-0.2, 0) is 5.11 Å². The van der Waals surface area contributed by atoms with E-state index in [4.69, 9.17) is 10.8 Å². The summed E-state index contributed by atoms with van der Waals surface area (Å²) >= 11 is 0. The van der Waals surface area contributed by atoms with Crippen molar-refractivity contribution in [3.63, 3.8) is 0 Å². The van der Waals surface area contributed by atoms with Crippen LogP contribution in [0.15, 0.2) is 0 Å². The molecule has 2 heteroatoms. The molecular formula is C2H4NO. The summed E-state index contributed by atoms with van der Waals surface area (Å²) in [5.74, 6) is 0. The van der Waals surface area contributed by atoms with E-state index in [2.05, 4.69) is 0 Å². The number of rotatable bonds is 1. The number of hydrogen-bond donors (Lipinski definition) is 0. The first-order valence-corrected chi connectivity index (χ1v) is 1.10. The van der Waals surface area contributed by atoms with Gasteiger partial charge in [0.15, 0.2) is 0 Å². The molecule has 0 fully saturated rings. The highest BCUT2D eigenvalue weighted by Gasteiger charge is 1.63. The van der Waals surface area contributed by atoms with Gasteiger partial charge in [0.2, 0.25) is 0 Å². The van der Waals surface area contributed by atoms with E-state index in [1.807, 2.05) is 0 Å². The fourth-order valence-corrected chi connectivity index (χ4v) is 0. The molecule has 0 atom stereocenters. The lowest BCUT2D eigenvalue weighted by Gasteiger charge is -1.62. The van der Waals surface area contributed by atoms with E-state index in [9.17, 15) is 0 Å². The van der Waals surface area contributed by atoms with Gasteiger partial charge in [-0.3, -0.25) is 0 Å². The second-order valence-electron chi connectivity index (χ2n) is 0.428. The Morgan fingerprint density at radius 3 is 2.00 bits per heavy atom. The van der Waals surface area contributed by atoms with Gasteiger partial charge in [-0.1, -0.05) is 0 Å². The van der Waals surface area contributed by atoms with Crippen LogP contribution in [0.1, 0.15) is 0 Å². The maximum absolute atomic E-state index is 9.05. The molecule has 0 aliphatic heterocycles. The Morgan fingerprint density at radius 2 is 2.00 bits per heavy atom. The normalized spacial score (nSPS) is 7.50. The molecule has 23 valence electrons. The monoisotopic (exact) mass is 58.0 g/mol. The molecule has 0 aromatic carbocycles. The molecular weight excluding hydrogens is 54.0 g/mol. The van der Waals surface area contributed by atoms with Crippen LogP contribution in [0.5, 0.6) is 0 Å². The van der Waals surface area contributed by atoms with E-state index in [1.54, 1.807) is 0 Å². The van der Waals surface area contributed by atoms with Crippen molar-refractivity contribution in [3.05, 3.63) is 0 Å². The van der Waals surface area contributed by atoms with E-state index >= 15 is 0 Å². The second kappa shape index (κ2) is 2.92. The molecule has 0 amide bonds. The molecule has 2 nitrogen and oxygen atoms in total. The summed E-state index contributed by atoms with van der Waals surface area (Å²) in [5.41, 5.74) is 7.56. The van der Waals surface area contributed by atoms with E-state index in [1.165, 1.54) is 0 Å². The fraction of sp³-hybridized carbons (Fsp3) is 1.00. The van der Waals surface area contributed by atoms with Crippen molar-refractivity contribution in [2.24, 2.45) is 0 Å². The Bertz CT molecular complexity index is 8.00. The molecule has 0 aromatic rings. The van der Waals surface area contributed by atoms with Gasteiger partial charge in [-0.2, -0.15) is 0 Å². The van der Waals surface area contributed by atoms with Crippen molar-refractivity contribution in [2.75, 3.05) is 13.2 Å². The van der Waals surface area contributed by atoms with Gasteiger partial charge in [0.1, 0.15) is 0 Å². The highest BCUT2D eigenvalue weighted by atomic mass is 16.3. The molecule has 0 saturated heterocycles. The smallest absolute Gasteiger partial charge is 0.0979 e. The standard InChI is InChI=1S/C2H4NO/c3-1-2-4/h1-2H2. The topological polar surface area (TPSA) is 42.2 Å². The van der Waals surface area contributed by atoms with Gasteiger partial charge in [0.25, 0.3) is 0 Å². The first-order chi connectivity index (χ1) is 1.91. The van der Waals surface area contributed by atoms with Crippen molar-refractivity contribution in [1.29, 1.82) is 0 Å². The molecule has 0 N–H and O–H groups in total. The van der Waals surface area contributed by atoms with Gasteiger partial charge in [0, 0.05) is 0 Å². The van der Waals surface area contributed by atoms with Crippen LogP contribution in [-0.4, -0.2) is 13.2 Å². The highest BCUT2D eigenvalue weighted by molar-refractivity contribution is 4.15. The summed E-state index contributed by atoms with van der Waals surface area (Å²) in [4.78, 5) is 0. The third-order valence-electron chi connectivity index (χ3n) is 0.0913. The van der Waals surface area contributed by atoms with Gasteiger partial charge < -0.3 is 0 Å². The Morgan fingerprint density at radius 1 is 1.75 bits per heavy atom. The largest absolute Gasteiger partial charge is 0.235 e. The van der Waals surface area contributed by atoms with Crippen molar-refractivity contribution < 1.29 is 5.11 Å². The van der Waals surface area contributed by atoms with E-state index in [0.717, 1.165) is 0 Å². The van der Waals surface area contributed by atoms with Crippen molar-refractivity contribution in [2.45, 2.75) is 0 Å². The molecule has 0 heterocycles. The van der Waals surface area contributed by atoms with Crippen LogP contribution in [0.2, 0.25) is 0 Å². The predicted molar refractivity (Wildman–Crippen MR) is 12.6 cm³/mol. The van der Waals surface area contributed by atoms with Crippen molar-refractivity contribution in [3.8, 4) is 0 Å². The van der Waals surface area contributed by atoms with Crippen LogP contribution < -0.4 is 5.73 Å². The summed E-state index contributed by atoms with van der Waals surface area (Å²) in [6.45, 7) is -0.611. The van der Waals surface area contributed by atoms with Gasteiger partial charge in [0.05, 0.1) is 13.2 Å². The van der Waals surface area contributed by atoms with Gasteiger partial charge in [-0.05, 0) is 0 Å². The maximum Gasteiger partial charge on any atom is 0.0979 e. The van der Waals surface area contributed by atoms with E-state index in [-0.39, 0.29) is 13.2 Å². The van der Waals surface area contributed by atoms with E-state index in [0.29, 0.717) is 0 Å². The Hall–Kier alpha value is -0.0800. The van der Waals surface area contributed by atoms with Gasteiger partial charge >= 0.3 is 0 Å².